The maximum absolute atomic E-state index is 11.1. The number of nitro benzene ring substituents is 1. The molecule has 2 aromatic rings. The van der Waals surface area contributed by atoms with E-state index in [-0.39, 0.29) is 16.0 Å². The highest BCUT2D eigenvalue weighted by molar-refractivity contribution is 5.91. The zero-order valence-electron chi connectivity index (χ0n) is 12.0. The zero-order chi connectivity index (χ0) is 14.3. The number of benzene rings is 1. The van der Waals surface area contributed by atoms with Crippen LogP contribution in [-0.4, -0.2) is 9.91 Å². The standard InChI is InChI=1S/C16H20N2O2/c1-16(2)9-4-3-7-13(16)12-10-17-15-11(12)6-5-8-14(15)18(19)20/h5-6,8,10,13,17H,3-4,7,9H2,1-2H3. The molecule has 1 aromatic carbocycles. The predicted octanol–water partition coefficient (Wildman–Crippen LogP) is 4.76. The average molecular weight is 272 g/mol. The topological polar surface area (TPSA) is 58.9 Å². The van der Waals surface area contributed by atoms with Gasteiger partial charge in [0.1, 0.15) is 5.52 Å². The molecule has 1 aromatic heterocycles. The summed E-state index contributed by atoms with van der Waals surface area (Å²) in [6.45, 7) is 4.63. The van der Waals surface area contributed by atoms with Gasteiger partial charge in [-0.25, -0.2) is 0 Å². The summed E-state index contributed by atoms with van der Waals surface area (Å²) < 4.78 is 0. The molecule has 1 unspecified atom stereocenters. The fourth-order valence-corrected chi connectivity index (χ4v) is 3.67. The molecule has 1 heterocycles. The van der Waals surface area contributed by atoms with Crippen molar-refractivity contribution in [3.63, 3.8) is 0 Å². The van der Waals surface area contributed by atoms with Gasteiger partial charge in [-0.05, 0) is 29.7 Å². The minimum absolute atomic E-state index is 0.169. The van der Waals surface area contributed by atoms with Gasteiger partial charge in [0.25, 0.3) is 5.69 Å². The van der Waals surface area contributed by atoms with Crippen molar-refractivity contribution in [2.45, 2.75) is 45.4 Å². The molecule has 1 aliphatic carbocycles. The Kier molecular flexibility index (Phi) is 3.04. The van der Waals surface area contributed by atoms with Gasteiger partial charge in [-0.2, -0.15) is 0 Å². The molecule has 1 fully saturated rings. The summed E-state index contributed by atoms with van der Waals surface area (Å²) in [5.74, 6) is 0.479. The average Bonchev–Trinajstić information content (AvgIpc) is 2.81. The van der Waals surface area contributed by atoms with Crippen molar-refractivity contribution in [1.29, 1.82) is 0 Å². The molecule has 106 valence electrons. The van der Waals surface area contributed by atoms with Gasteiger partial charge in [0, 0.05) is 17.6 Å². The Balaban J connectivity index is 2.13. The first-order valence-corrected chi connectivity index (χ1v) is 7.25. The summed E-state index contributed by atoms with van der Waals surface area (Å²) in [5, 5.41) is 12.1. The third-order valence-electron chi connectivity index (χ3n) is 4.80. The summed E-state index contributed by atoms with van der Waals surface area (Å²) in [7, 11) is 0. The lowest BCUT2D eigenvalue weighted by Gasteiger charge is -2.38. The smallest absolute Gasteiger partial charge is 0.293 e. The van der Waals surface area contributed by atoms with Crippen LogP contribution >= 0.6 is 0 Å². The molecule has 20 heavy (non-hydrogen) atoms. The van der Waals surface area contributed by atoms with Crippen molar-refractivity contribution in [2.24, 2.45) is 5.41 Å². The molecule has 0 aliphatic heterocycles. The number of aromatic nitrogens is 1. The van der Waals surface area contributed by atoms with Crippen molar-refractivity contribution in [2.75, 3.05) is 0 Å². The van der Waals surface area contributed by atoms with Crippen molar-refractivity contribution in [1.82, 2.24) is 4.98 Å². The molecule has 0 saturated heterocycles. The zero-order valence-corrected chi connectivity index (χ0v) is 12.0. The lowest BCUT2D eigenvalue weighted by molar-refractivity contribution is -0.383. The first kappa shape index (κ1) is 13.2. The molecule has 1 aliphatic rings. The fourth-order valence-electron chi connectivity index (χ4n) is 3.67. The highest BCUT2D eigenvalue weighted by Crippen LogP contribution is 2.48. The van der Waals surface area contributed by atoms with Crippen LogP contribution in [0.4, 0.5) is 5.69 Å². The van der Waals surface area contributed by atoms with Crippen LogP contribution in [0, 0.1) is 15.5 Å². The lowest BCUT2D eigenvalue weighted by Crippen LogP contribution is -2.25. The SMILES string of the molecule is CC1(C)CCCCC1c1c[nH]c2c([N+](=O)[O-])cccc12. The number of nitrogens with zero attached hydrogens (tertiary/aromatic N) is 1. The lowest BCUT2D eigenvalue weighted by atomic mass is 9.66. The summed E-state index contributed by atoms with van der Waals surface area (Å²) in [6, 6.07) is 5.35. The molecule has 0 bridgehead atoms. The largest absolute Gasteiger partial charge is 0.355 e. The van der Waals surface area contributed by atoms with Gasteiger partial charge in [0.2, 0.25) is 0 Å². The second-order valence-electron chi connectivity index (χ2n) is 6.49. The Morgan fingerprint density at radius 2 is 2.15 bits per heavy atom. The first-order valence-electron chi connectivity index (χ1n) is 7.25. The quantitative estimate of drug-likeness (QED) is 0.633. The predicted molar refractivity (Wildman–Crippen MR) is 79.9 cm³/mol. The number of hydrogen-bond donors (Lipinski definition) is 1. The Hall–Kier alpha value is -1.84. The maximum atomic E-state index is 11.1. The number of nitro groups is 1. The van der Waals surface area contributed by atoms with Gasteiger partial charge in [-0.15, -0.1) is 0 Å². The number of nitrogens with one attached hydrogen (secondary N) is 1. The van der Waals surface area contributed by atoms with Crippen molar-refractivity contribution in [3.05, 3.63) is 40.1 Å². The molecule has 1 atom stereocenters. The summed E-state index contributed by atoms with van der Waals surface area (Å²) >= 11 is 0. The summed E-state index contributed by atoms with van der Waals surface area (Å²) in [6.07, 6.45) is 6.90. The Morgan fingerprint density at radius 1 is 1.35 bits per heavy atom. The van der Waals surface area contributed by atoms with E-state index in [1.54, 1.807) is 12.1 Å². The minimum Gasteiger partial charge on any atom is -0.355 e. The highest BCUT2D eigenvalue weighted by atomic mass is 16.6. The molecule has 0 amide bonds. The Morgan fingerprint density at radius 3 is 2.85 bits per heavy atom. The second-order valence-corrected chi connectivity index (χ2v) is 6.49. The summed E-state index contributed by atoms with van der Waals surface area (Å²) in [4.78, 5) is 13.9. The minimum atomic E-state index is -0.311. The molecule has 0 radical (unpaired) electrons. The number of rotatable bonds is 2. The van der Waals surface area contributed by atoms with Gasteiger partial charge in [-0.1, -0.05) is 38.8 Å². The van der Waals surface area contributed by atoms with Crippen LogP contribution < -0.4 is 0 Å². The van der Waals surface area contributed by atoms with Crippen molar-refractivity contribution >= 4 is 16.6 Å². The van der Waals surface area contributed by atoms with E-state index in [1.807, 2.05) is 12.3 Å². The first-order chi connectivity index (χ1) is 9.50. The van der Waals surface area contributed by atoms with E-state index in [0.29, 0.717) is 11.4 Å². The number of aromatic amines is 1. The van der Waals surface area contributed by atoms with E-state index >= 15 is 0 Å². The molecule has 4 heteroatoms. The van der Waals surface area contributed by atoms with Crippen LogP contribution in [0.5, 0.6) is 0 Å². The number of H-pyrrole nitrogens is 1. The van der Waals surface area contributed by atoms with E-state index in [4.69, 9.17) is 0 Å². The molecular formula is C16H20N2O2. The van der Waals surface area contributed by atoms with Crippen LogP contribution in [0.25, 0.3) is 10.9 Å². The maximum Gasteiger partial charge on any atom is 0.293 e. The van der Waals surface area contributed by atoms with E-state index in [0.717, 1.165) is 5.39 Å². The van der Waals surface area contributed by atoms with Crippen LogP contribution in [0.2, 0.25) is 0 Å². The van der Waals surface area contributed by atoms with E-state index < -0.39 is 0 Å². The number of para-hydroxylation sites is 1. The van der Waals surface area contributed by atoms with Gasteiger partial charge < -0.3 is 4.98 Å². The number of fused-ring (bicyclic) bond motifs is 1. The van der Waals surface area contributed by atoms with E-state index in [9.17, 15) is 10.1 Å². The van der Waals surface area contributed by atoms with Gasteiger partial charge in [-0.3, -0.25) is 10.1 Å². The third kappa shape index (κ3) is 1.99. The molecule has 3 rings (SSSR count). The normalized spacial score (nSPS) is 22.0. The fraction of sp³-hybridized carbons (Fsp3) is 0.500. The van der Waals surface area contributed by atoms with E-state index in [2.05, 4.69) is 18.8 Å². The van der Waals surface area contributed by atoms with Crippen molar-refractivity contribution in [3.8, 4) is 0 Å². The number of non-ortho nitro benzene ring substituents is 1. The second kappa shape index (κ2) is 4.62. The van der Waals surface area contributed by atoms with Crippen LogP contribution in [0.1, 0.15) is 51.0 Å². The Labute approximate surface area is 118 Å². The molecule has 4 nitrogen and oxygen atoms in total. The third-order valence-corrected chi connectivity index (χ3v) is 4.80. The molecule has 1 saturated carbocycles. The van der Waals surface area contributed by atoms with Gasteiger partial charge >= 0.3 is 0 Å². The number of hydrogen-bond acceptors (Lipinski definition) is 2. The molecule has 1 N–H and O–H groups in total. The molecular weight excluding hydrogens is 252 g/mol. The van der Waals surface area contributed by atoms with Gasteiger partial charge in [0.05, 0.1) is 4.92 Å². The van der Waals surface area contributed by atoms with E-state index in [1.165, 1.54) is 31.2 Å². The van der Waals surface area contributed by atoms with Crippen LogP contribution in [-0.2, 0) is 0 Å². The Bertz CT molecular complexity index is 658. The summed E-state index contributed by atoms with van der Waals surface area (Å²) in [5.41, 5.74) is 2.34. The van der Waals surface area contributed by atoms with Crippen LogP contribution in [0.15, 0.2) is 24.4 Å². The monoisotopic (exact) mass is 272 g/mol. The van der Waals surface area contributed by atoms with Crippen molar-refractivity contribution < 1.29 is 4.92 Å². The highest BCUT2D eigenvalue weighted by Gasteiger charge is 2.35. The molecule has 0 spiro atoms. The van der Waals surface area contributed by atoms with Gasteiger partial charge in [0.15, 0.2) is 0 Å². The van der Waals surface area contributed by atoms with Crippen LogP contribution in [0.3, 0.4) is 0 Å².